The average Bonchev–Trinajstić information content (AvgIpc) is 3.16. The van der Waals surface area contributed by atoms with Crippen LogP contribution in [0, 0.1) is 0 Å². The Morgan fingerprint density at radius 1 is 0.574 bits per heavy atom. The molecule has 0 fully saturated rings. The van der Waals surface area contributed by atoms with Crippen molar-refractivity contribution in [2.75, 3.05) is 33.0 Å². The number of hydrogen-bond donors (Lipinski definition) is 2. The second-order valence-electron chi connectivity index (χ2n) is 14.9. The lowest BCUT2D eigenvalue weighted by atomic mass is 10.0. The molecule has 2 atom stereocenters. The molecule has 0 spiro atoms. The molecule has 0 aromatic rings. The zero-order chi connectivity index (χ0) is 39.5. The molecule has 318 valence electrons. The van der Waals surface area contributed by atoms with Crippen molar-refractivity contribution in [2.45, 2.75) is 213 Å². The molecule has 0 radical (unpaired) electrons. The van der Waals surface area contributed by atoms with Crippen molar-refractivity contribution in [1.82, 2.24) is 0 Å². The van der Waals surface area contributed by atoms with Gasteiger partial charge in [0.25, 0.3) is 0 Å². The molecule has 0 bridgehead atoms. The summed E-state index contributed by atoms with van der Waals surface area (Å²) >= 11 is 0. The number of phosphoric ester groups is 1. The normalized spacial score (nSPS) is 13.8. The minimum atomic E-state index is -4.28. The van der Waals surface area contributed by atoms with Crippen molar-refractivity contribution in [2.24, 2.45) is 5.73 Å². The summed E-state index contributed by atoms with van der Waals surface area (Å²) in [6.45, 7) is 4.79. The number of allylic oxidation sites excluding steroid dienone is 6. The zero-order valence-corrected chi connectivity index (χ0v) is 36.1. The van der Waals surface area contributed by atoms with Crippen LogP contribution in [0.5, 0.6) is 0 Å². The fourth-order valence-corrected chi connectivity index (χ4v) is 7.07. The monoisotopic (exact) mass is 784 g/mol. The van der Waals surface area contributed by atoms with Crippen LogP contribution in [0.3, 0.4) is 0 Å². The minimum Gasteiger partial charge on any atom is -0.457 e. The number of nitrogens with two attached hydrogens (primary N) is 1. The third kappa shape index (κ3) is 41.9. The molecular formula is C45H86NO7P. The van der Waals surface area contributed by atoms with Gasteiger partial charge < -0.3 is 20.1 Å². The molecule has 0 aliphatic heterocycles. The number of carbonyl (C=O) groups is 1. The Morgan fingerprint density at radius 2 is 1.04 bits per heavy atom. The second-order valence-corrected chi connectivity index (χ2v) is 16.3. The molecule has 0 aromatic carbocycles. The summed E-state index contributed by atoms with van der Waals surface area (Å²) < 4.78 is 33.4. The van der Waals surface area contributed by atoms with Crippen LogP contribution in [0.25, 0.3) is 0 Å². The first-order chi connectivity index (χ1) is 26.4. The van der Waals surface area contributed by atoms with Gasteiger partial charge in [0.15, 0.2) is 0 Å². The maximum Gasteiger partial charge on any atom is 0.472 e. The van der Waals surface area contributed by atoms with Gasteiger partial charge in [-0.2, -0.15) is 0 Å². The molecule has 9 heteroatoms. The van der Waals surface area contributed by atoms with Gasteiger partial charge in [-0.15, -0.1) is 0 Å². The summed E-state index contributed by atoms with van der Waals surface area (Å²) in [6.07, 6.45) is 48.9. The summed E-state index contributed by atoms with van der Waals surface area (Å²) in [7, 11) is -4.28. The van der Waals surface area contributed by atoms with Crippen LogP contribution in [0.2, 0.25) is 0 Å². The number of phosphoric acid groups is 1. The van der Waals surface area contributed by atoms with E-state index < -0.39 is 13.9 Å². The van der Waals surface area contributed by atoms with E-state index in [2.05, 4.69) is 50.3 Å². The van der Waals surface area contributed by atoms with Gasteiger partial charge in [0.05, 0.1) is 19.8 Å². The molecule has 0 saturated carbocycles. The number of hydrogen-bond acceptors (Lipinski definition) is 7. The third-order valence-corrected chi connectivity index (χ3v) is 10.6. The third-order valence-electron chi connectivity index (χ3n) is 9.57. The van der Waals surface area contributed by atoms with E-state index in [9.17, 15) is 14.3 Å². The summed E-state index contributed by atoms with van der Waals surface area (Å²) in [5, 5.41) is 0. The Morgan fingerprint density at radius 3 is 1.54 bits per heavy atom. The Labute approximate surface area is 333 Å². The molecule has 0 saturated heterocycles. The maximum absolute atomic E-state index is 12.5. The fourth-order valence-electron chi connectivity index (χ4n) is 6.31. The zero-order valence-electron chi connectivity index (χ0n) is 35.2. The van der Waals surface area contributed by atoms with Crippen LogP contribution < -0.4 is 5.73 Å². The van der Waals surface area contributed by atoms with Crippen LogP contribution >= 0.6 is 7.82 Å². The number of esters is 1. The Bertz CT molecular complexity index is 926. The highest BCUT2D eigenvalue weighted by atomic mass is 31.2. The summed E-state index contributed by atoms with van der Waals surface area (Å²) in [5.74, 6) is -0.356. The van der Waals surface area contributed by atoms with Crippen molar-refractivity contribution in [3.63, 3.8) is 0 Å². The van der Waals surface area contributed by atoms with E-state index in [1.54, 1.807) is 0 Å². The van der Waals surface area contributed by atoms with E-state index in [1.807, 2.05) is 0 Å². The molecule has 0 aliphatic rings. The molecule has 2 unspecified atom stereocenters. The predicted molar refractivity (Wildman–Crippen MR) is 229 cm³/mol. The van der Waals surface area contributed by atoms with Gasteiger partial charge in [-0.05, 0) is 44.9 Å². The standard InChI is InChI=1S/C45H86NO7P/c1-3-5-7-9-11-13-15-17-18-19-20-21-22-23-24-25-27-29-31-33-35-37-40-50-42-44(43-52-54(48,49)51-41-39-46)53-45(47)38-36-34-32-30-28-26-16-14-12-10-8-6-4-2/h6,8,12,14,26,28,44H,3-5,7,9-11,13,15-25,27,29-43,46H2,1-2H3,(H,48,49)/b8-6-,14-12-,28-26-. The van der Waals surface area contributed by atoms with Crippen LogP contribution in [-0.4, -0.2) is 49.9 Å². The highest BCUT2D eigenvalue weighted by Crippen LogP contribution is 2.43. The van der Waals surface area contributed by atoms with Crippen LogP contribution in [0.4, 0.5) is 0 Å². The van der Waals surface area contributed by atoms with Crippen molar-refractivity contribution in [1.29, 1.82) is 0 Å². The number of rotatable bonds is 43. The SMILES string of the molecule is CC/C=C\C/C=C\C/C=C\CCCCCC(=O)OC(COCCCCCCCCCCCCCCCCCCCCCCCC)COP(=O)(O)OCCN. The van der Waals surface area contributed by atoms with Gasteiger partial charge in [-0.1, -0.05) is 192 Å². The van der Waals surface area contributed by atoms with Crippen LogP contribution in [-0.2, 0) is 27.9 Å². The molecule has 8 nitrogen and oxygen atoms in total. The second kappa shape index (κ2) is 42.9. The maximum atomic E-state index is 12.5. The number of carbonyl (C=O) groups excluding carboxylic acids is 1. The molecule has 54 heavy (non-hydrogen) atoms. The van der Waals surface area contributed by atoms with Crippen molar-refractivity contribution in [3.8, 4) is 0 Å². The van der Waals surface area contributed by atoms with E-state index in [0.29, 0.717) is 6.61 Å². The first kappa shape index (κ1) is 52.7. The molecular weight excluding hydrogens is 697 g/mol. The quantitative estimate of drug-likeness (QED) is 0.0272. The summed E-state index contributed by atoms with van der Waals surface area (Å²) in [6, 6.07) is 0. The average molecular weight is 784 g/mol. The van der Waals surface area contributed by atoms with Crippen LogP contribution in [0.15, 0.2) is 36.5 Å². The molecule has 0 rings (SSSR count). The summed E-state index contributed by atoms with van der Waals surface area (Å²) in [4.78, 5) is 22.4. The van der Waals surface area contributed by atoms with E-state index in [-0.39, 0.29) is 38.8 Å². The van der Waals surface area contributed by atoms with Gasteiger partial charge in [-0.3, -0.25) is 13.8 Å². The first-order valence-corrected chi connectivity index (χ1v) is 24.0. The summed E-state index contributed by atoms with van der Waals surface area (Å²) in [5.41, 5.74) is 5.37. The predicted octanol–water partition coefficient (Wildman–Crippen LogP) is 13.4. The van der Waals surface area contributed by atoms with E-state index in [1.165, 1.54) is 128 Å². The number of unbranched alkanes of at least 4 members (excludes halogenated alkanes) is 24. The largest absolute Gasteiger partial charge is 0.472 e. The number of ether oxygens (including phenoxy) is 2. The van der Waals surface area contributed by atoms with Gasteiger partial charge >= 0.3 is 13.8 Å². The lowest BCUT2D eigenvalue weighted by Gasteiger charge is -2.20. The highest BCUT2D eigenvalue weighted by molar-refractivity contribution is 7.47. The van der Waals surface area contributed by atoms with E-state index >= 15 is 0 Å². The molecule has 3 N–H and O–H groups in total. The molecule has 0 aromatic heterocycles. The fraction of sp³-hybridized carbons (Fsp3) is 0.844. The Hall–Kier alpha value is -1.28. The topological polar surface area (TPSA) is 117 Å². The van der Waals surface area contributed by atoms with Crippen molar-refractivity contribution >= 4 is 13.8 Å². The van der Waals surface area contributed by atoms with E-state index in [0.717, 1.165) is 57.8 Å². The Balaban J connectivity index is 3.94. The van der Waals surface area contributed by atoms with Crippen molar-refractivity contribution < 1.29 is 32.8 Å². The first-order valence-electron chi connectivity index (χ1n) is 22.5. The van der Waals surface area contributed by atoms with Gasteiger partial charge in [0.2, 0.25) is 0 Å². The van der Waals surface area contributed by atoms with E-state index in [4.69, 9.17) is 24.3 Å². The Kier molecular flexibility index (Phi) is 41.8. The lowest BCUT2D eigenvalue weighted by Crippen LogP contribution is -2.28. The van der Waals surface area contributed by atoms with Gasteiger partial charge in [-0.25, -0.2) is 4.57 Å². The highest BCUT2D eigenvalue weighted by Gasteiger charge is 2.25. The van der Waals surface area contributed by atoms with Crippen LogP contribution in [0.1, 0.15) is 206 Å². The smallest absolute Gasteiger partial charge is 0.457 e. The molecule has 0 heterocycles. The minimum absolute atomic E-state index is 0.0960. The lowest BCUT2D eigenvalue weighted by molar-refractivity contribution is -0.154. The molecule has 0 aliphatic carbocycles. The van der Waals surface area contributed by atoms with Crippen molar-refractivity contribution in [3.05, 3.63) is 36.5 Å². The molecule has 0 amide bonds. The van der Waals surface area contributed by atoms with Gasteiger partial charge in [0, 0.05) is 19.6 Å². The van der Waals surface area contributed by atoms with Gasteiger partial charge in [0.1, 0.15) is 6.10 Å².